The summed E-state index contributed by atoms with van der Waals surface area (Å²) >= 11 is 11.5. The van der Waals surface area contributed by atoms with Crippen LogP contribution in [-0.2, 0) is 6.18 Å². The smallest absolute Gasteiger partial charge is 0.416 e. The molecule has 0 heterocycles. The molecule has 1 unspecified atom stereocenters. The number of hydrogen-bond acceptors (Lipinski definition) is 2. The molecule has 0 radical (unpaired) electrons. The molecule has 8 heteroatoms. The number of halogens is 5. The van der Waals surface area contributed by atoms with Crippen molar-refractivity contribution in [3.8, 4) is 5.75 Å². The van der Waals surface area contributed by atoms with Crippen LogP contribution >= 0.6 is 23.2 Å². The number of hydrogen-bond donors (Lipinski definition) is 1. The second kappa shape index (κ2) is 5.00. The molecule has 0 spiro atoms. The molecule has 1 aromatic rings. The van der Waals surface area contributed by atoms with E-state index in [4.69, 9.17) is 33.0 Å². The highest BCUT2D eigenvalue weighted by atomic mass is 35.5. The van der Waals surface area contributed by atoms with E-state index in [2.05, 4.69) is 0 Å². The third-order valence-electron chi connectivity index (χ3n) is 2.89. The monoisotopic (exact) mass is 328 g/mol. The number of aromatic carboxylic acids is 1. The number of ether oxygens (including phenoxy) is 1. The molecule has 0 saturated heterocycles. The van der Waals surface area contributed by atoms with Crippen molar-refractivity contribution < 1.29 is 27.8 Å². The summed E-state index contributed by atoms with van der Waals surface area (Å²) in [6.07, 6.45) is -4.16. The fourth-order valence-corrected chi connectivity index (χ4v) is 2.12. The molecule has 0 bridgehead atoms. The van der Waals surface area contributed by atoms with Crippen LogP contribution < -0.4 is 4.74 Å². The van der Waals surface area contributed by atoms with E-state index >= 15 is 0 Å². The number of alkyl halides is 5. The molecule has 2 rings (SSSR count). The lowest BCUT2D eigenvalue weighted by Gasteiger charge is -2.12. The molecule has 1 N–H and O–H groups in total. The van der Waals surface area contributed by atoms with Crippen molar-refractivity contribution in [2.75, 3.05) is 6.61 Å². The van der Waals surface area contributed by atoms with Gasteiger partial charge in [-0.3, -0.25) is 0 Å². The fraction of sp³-hybridized carbons (Fsp3) is 0.417. The molecule has 1 atom stereocenters. The van der Waals surface area contributed by atoms with Crippen molar-refractivity contribution >= 4 is 29.2 Å². The Balaban J connectivity index is 2.19. The molecule has 0 amide bonds. The minimum absolute atomic E-state index is 0.0351. The highest BCUT2D eigenvalue weighted by Crippen LogP contribution is 2.53. The first-order valence-corrected chi connectivity index (χ1v) is 6.31. The Morgan fingerprint density at radius 1 is 1.40 bits per heavy atom. The minimum Gasteiger partial charge on any atom is -0.493 e. The van der Waals surface area contributed by atoms with Crippen molar-refractivity contribution in [2.24, 2.45) is 5.92 Å². The molecule has 1 aliphatic rings. The molecule has 0 aliphatic heterocycles. The Morgan fingerprint density at radius 3 is 2.45 bits per heavy atom. The Morgan fingerprint density at radius 2 is 2.00 bits per heavy atom. The largest absolute Gasteiger partial charge is 0.493 e. The Bertz CT molecular complexity index is 543. The summed E-state index contributed by atoms with van der Waals surface area (Å²) in [6.45, 7) is 0.0351. The fourth-order valence-electron chi connectivity index (χ4n) is 1.62. The highest BCUT2D eigenvalue weighted by molar-refractivity contribution is 6.50. The number of carbonyl (C=O) groups is 1. The van der Waals surface area contributed by atoms with Crippen LogP contribution in [0.25, 0.3) is 0 Å². The first kappa shape index (κ1) is 15.3. The van der Waals surface area contributed by atoms with Gasteiger partial charge < -0.3 is 9.84 Å². The quantitative estimate of drug-likeness (QED) is 0.850. The average Bonchev–Trinajstić information content (AvgIpc) is 2.93. The van der Waals surface area contributed by atoms with Gasteiger partial charge in [-0.25, -0.2) is 4.79 Å². The van der Waals surface area contributed by atoms with Crippen molar-refractivity contribution in [3.05, 3.63) is 29.3 Å². The normalized spacial score (nSPS) is 20.6. The molecule has 1 saturated carbocycles. The topological polar surface area (TPSA) is 46.5 Å². The summed E-state index contributed by atoms with van der Waals surface area (Å²) in [5.41, 5.74) is -1.57. The van der Waals surface area contributed by atoms with Gasteiger partial charge in [0.1, 0.15) is 10.1 Å². The zero-order chi connectivity index (χ0) is 15.1. The van der Waals surface area contributed by atoms with Gasteiger partial charge in [0.15, 0.2) is 0 Å². The van der Waals surface area contributed by atoms with Crippen LogP contribution in [0, 0.1) is 5.92 Å². The van der Waals surface area contributed by atoms with Crippen LogP contribution in [0.1, 0.15) is 22.3 Å². The predicted octanol–water partition coefficient (Wildman–Crippen LogP) is 3.98. The molecular formula is C12H9Cl2F3O3. The first-order valence-electron chi connectivity index (χ1n) is 5.56. The summed E-state index contributed by atoms with van der Waals surface area (Å²) < 4.78 is 42.2. The van der Waals surface area contributed by atoms with Crippen LogP contribution in [-0.4, -0.2) is 22.0 Å². The molecule has 0 aromatic heterocycles. The van der Waals surface area contributed by atoms with Gasteiger partial charge in [0.2, 0.25) is 0 Å². The van der Waals surface area contributed by atoms with Crippen molar-refractivity contribution in [1.29, 1.82) is 0 Å². The van der Waals surface area contributed by atoms with Crippen LogP contribution in [0.3, 0.4) is 0 Å². The van der Waals surface area contributed by atoms with E-state index < -0.39 is 27.6 Å². The molecule has 1 aromatic carbocycles. The van der Waals surface area contributed by atoms with Crippen LogP contribution in [0.5, 0.6) is 5.75 Å². The summed E-state index contributed by atoms with van der Waals surface area (Å²) in [7, 11) is 0. The SMILES string of the molecule is O=C(O)c1cc(OCC2CC2(Cl)Cl)cc(C(F)(F)F)c1. The van der Waals surface area contributed by atoms with Crippen molar-refractivity contribution in [2.45, 2.75) is 16.9 Å². The van der Waals surface area contributed by atoms with Gasteiger partial charge in [-0.2, -0.15) is 13.2 Å². The highest BCUT2D eigenvalue weighted by Gasteiger charge is 2.52. The van der Waals surface area contributed by atoms with Crippen LogP contribution in [0.2, 0.25) is 0 Å². The lowest BCUT2D eigenvalue weighted by atomic mass is 10.1. The third kappa shape index (κ3) is 3.49. The summed E-state index contributed by atoms with van der Waals surface area (Å²) in [4.78, 5) is 10.8. The van der Waals surface area contributed by atoms with Crippen LogP contribution in [0.4, 0.5) is 13.2 Å². The predicted molar refractivity (Wildman–Crippen MR) is 66.4 cm³/mol. The van der Waals surface area contributed by atoms with Crippen molar-refractivity contribution in [3.63, 3.8) is 0 Å². The van der Waals surface area contributed by atoms with Crippen LogP contribution in [0.15, 0.2) is 18.2 Å². The molecule has 20 heavy (non-hydrogen) atoms. The second-order valence-corrected chi connectivity index (χ2v) is 6.06. The Hall–Kier alpha value is -1.14. The third-order valence-corrected chi connectivity index (χ3v) is 3.81. The van der Waals surface area contributed by atoms with Gasteiger partial charge in [-0.1, -0.05) is 0 Å². The van der Waals surface area contributed by atoms with E-state index in [1.54, 1.807) is 0 Å². The zero-order valence-electron chi connectivity index (χ0n) is 9.88. The summed E-state index contributed by atoms with van der Waals surface area (Å²) in [6, 6.07) is 2.34. The summed E-state index contributed by atoms with van der Waals surface area (Å²) in [5, 5.41) is 8.81. The van der Waals surface area contributed by atoms with Gasteiger partial charge in [0.25, 0.3) is 0 Å². The molecule has 110 valence electrons. The van der Waals surface area contributed by atoms with Gasteiger partial charge in [0, 0.05) is 5.92 Å². The second-order valence-electron chi connectivity index (χ2n) is 4.52. The van der Waals surface area contributed by atoms with E-state index in [1.165, 1.54) is 0 Å². The van der Waals surface area contributed by atoms with E-state index in [0.717, 1.165) is 12.1 Å². The number of carboxylic acids is 1. The molecule has 3 nitrogen and oxygen atoms in total. The maximum Gasteiger partial charge on any atom is 0.416 e. The molecule has 1 aliphatic carbocycles. The zero-order valence-corrected chi connectivity index (χ0v) is 11.4. The maximum absolute atomic E-state index is 12.7. The van der Waals surface area contributed by atoms with Crippen molar-refractivity contribution in [1.82, 2.24) is 0 Å². The maximum atomic E-state index is 12.7. The standard InChI is InChI=1S/C12H9Cl2F3O3/c13-11(14)4-8(11)5-20-9-2-6(10(18)19)1-7(3-9)12(15,16)17/h1-3,8H,4-5H2,(H,18,19). The number of rotatable bonds is 4. The van der Waals surface area contributed by atoms with E-state index in [-0.39, 0.29) is 18.3 Å². The number of carboxylic acid groups (broad SMARTS) is 1. The van der Waals surface area contributed by atoms with E-state index in [1.807, 2.05) is 0 Å². The first-order chi connectivity index (χ1) is 9.09. The van der Waals surface area contributed by atoms with E-state index in [9.17, 15) is 18.0 Å². The molecule has 1 fully saturated rings. The Labute approximate surface area is 122 Å². The number of benzene rings is 1. The lowest BCUT2D eigenvalue weighted by molar-refractivity contribution is -0.137. The minimum atomic E-state index is -4.65. The molecular weight excluding hydrogens is 320 g/mol. The average molecular weight is 329 g/mol. The lowest BCUT2D eigenvalue weighted by Crippen LogP contribution is -2.10. The Kier molecular flexibility index (Phi) is 3.81. The van der Waals surface area contributed by atoms with Gasteiger partial charge >= 0.3 is 12.1 Å². The summed E-state index contributed by atoms with van der Waals surface area (Å²) in [5.74, 6) is -1.81. The van der Waals surface area contributed by atoms with Gasteiger partial charge in [-0.05, 0) is 24.6 Å². The van der Waals surface area contributed by atoms with Gasteiger partial charge in [-0.15, -0.1) is 23.2 Å². The van der Waals surface area contributed by atoms with Gasteiger partial charge in [0.05, 0.1) is 17.7 Å². The van der Waals surface area contributed by atoms with E-state index in [0.29, 0.717) is 12.5 Å².